The van der Waals surface area contributed by atoms with Crippen LogP contribution in [-0.4, -0.2) is 16.7 Å². The Bertz CT molecular complexity index is 840. The van der Waals surface area contributed by atoms with Crippen LogP contribution in [0.1, 0.15) is 17.5 Å². The Balaban J connectivity index is 1.60. The topological polar surface area (TPSA) is 62.3 Å². The van der Waals surface area contributed by atoms with Crippen molar-refractivity contribution in [3.8, 4) is 5.75 Å². The van der Waals surface area contributed by atoms with E-state index in [2.05, 4.69) is 4.98 Å². The van der Waals surface area contributed by atoms with Crippen LogP contribution in [0.15, 0.2) is 59.4 Å². The van der Waals surface area contributed by atoms with Gasteiger partial charge in [-0.05, 0) is 30.5 Å². The highest BCUT2D eigenvalue weighted by molar-refractivity contribution is 5.85. The number of benzene rings is 2. The van der Waals surface area contributed by atoms with Gasteiger partial charge in [0.05, 0.1) is 17.7 Å². The summed E-state index contributed by atoms with van der Waals surface area (Å²) in [7, 11) is 0. The van der Waals surface area contributed by atoms with Crippen LogP contribution in [0.4, 0.5) is 0 Å². The molecule has 0 aliphatic rings. The van der Waals surface area contributed by atoms with Gasteiger partial charge in [0.2, 0.25) is 0 Å². The highest BCUT2D eigenvalue weighted by Gasteiger charge is 2.11. The molecule has 1 heterocycles. The number of fused-ring (bicyclic) bond motifs is 1. The van der Waals surface area contributed by atoms with Crippen LogP contribution in [-0.2, 0) is 17.8 Å². The van der Waals surface area contributed by atoms with Crippen LogP contribution in [0.2, 0.25) is 0 Å². The first-order valence-corrected chi connectivity index (χ1v) is 7.70. The minimum atomic E-state index is -0.232. The zero-order chi connectivity index (χ0) is 16.1. The average molecular weight is 309 g/mol. The van der Waals surface area contributed by atoms with Crippen LogP contribution >= 0.6 is 0 Å². The van der Waals surface area contributed by atoms with Gasteiger partial charge in [0.1, 0.15) is 5.75 Å². The molecule has 0 saturated carbocycles. The standard InChI is InChI=1S/C19H19NO3/c21-18-15-9-4-5-11-17(15)20-19(22)16(18)10-6-12-23-13-14-7-2-1-3-8-14/h1-5,7-9,11H,6,10,12-13H2,(H2,20,21,22). The Morgan fingerprint density at radius 3 is 2.57 bits per heavy atom. The molecule has 0 aliphatic heterocycles. The first-order valence-electron chi connectivity index (χ1n) is 7.70. The van der Waals surface area contributed by atoms with Crippen LogP contribution in [0, 0.1) is 0 Å². The zero-order valence-electron chi connectivity index (χ0n) is 12.8. The SMILES string of the molecule is O=c1[nH]c2ccccc2c(O)c1CCCOCc1ccccc1. The molecule has 0 saturated heterocycles. The Kier molecular flexibility index (Phi) is 4.74. The molecule has 0 spiro atoms. The van der Waals surface area contributed by atoms with Gasteiger partial charge in [0.15, 0.2) is 0 Å². The summed E-state index contributed by atoms with van der Waals surface area (Å²) in [6.07, 6.45) is 1.17. The summed E-state index contributed by atoms with van der Waals surface area (Å²) < 4.78 is 5.61. The lowest BCUT2D eigenvalue weighted by molar-refractivity contribution is 0.118. The molecule has 1 aromatic heterocycles. The normalized spacial score (nSPS) is 11.0. The fraction of sp³-hybridized carbons (Fsp3) is 0.211. The number of aromatic amines is 1. The molecule has 118 valence electrons. The van der Waals surface area contributed by atoms with Crippen molar-refractivity contribution in [1.29, 1.82) is 0 Å². The van der Waals surface area contributed by atoms with Gasteiger partial charge in [-0.25, -0.2) is 0 Å². The van der Waals surface area contributed by atoms with Crippen molar-refractivity contribution in [2.24, 2.45) is 0 Å². The molecule has 4 nitrogen and oxygen atoms in total. The summed E-state index contributed by atoms with van der Waals surface area (Å²) in [5.41, 5.74) is 1.97. The quantitative estimate of drug-likeness (QED) is 0.686. The smallest absolute Gasteiger partial charge is 0.255 e. The van der Waals surface area contributed by atoms with Gasteiger partial charge < -0.3 is 14.8 Å². The molecule has 2 N–H and O–H groups in total. The summed E-state index contributed by atoms with van der Waals surface area (Å²) >= 11 is 0. The number of aromatic nitrogens is 1. The molecule has 0 bridgehead atoms. The highest BCUT2D eigenvalue weighted by Crippen LogP contribution is 2.25. The van der Waals surface area contributed by atoms with Crippen molar-refractivity contribution in [3.05, 3.63) is 76.1 Å². The van der Waals surface area contributed by atoms with E-state index < -0.39 is 0 Å². The van der Waals surface area contributed by atoms with Crippen molar-refractivity contribution in [2.75, 3.05) is 6.61 Å². The molecule has 0 unspecified atom stereocenters. The molecule has 0 fully saturated rings. The molecule has 3 rings (SSSR count). The number of hydrogen-bond donors (Lipinski definition) is 2. The number of ether oxygens (including phenoxy) is 1. The van der Waals surface area contributed by atoms with Gasteiger partial charge in [-0.15, -0.1) is 0 Å². The van der Waals surface area contributed by atoms with E-state index in [0.717, 1.165) is 5.56 Å². The predicted molar refractivity (Wildman–Crippen MR) is 90.7 cm³/mol. The third-order valence-corrected chi connectivity index (χ3v) is 3.82. The summed E-state index contributed by atoms with van der Waals surface area (Å²) in [4.78, 5) is 14.9. The molecule has 0 aliphatic carbocycles. The summed E-state index contributed by atoms with van der Waals surface area (Å²) in [6.45, 7) is 1.10. The Morgan fingerprint density at radius 1 is 1.00 bits per heavy atom. The second-order valence-electron chi connectivity index (χ2n) is 5.47. The van der Waals surface area contributed by atoms with Gasteiger partial charge in [-0.2, -0.15) is 0 Å². The minimum Gasteiger partial charge on any atom is -0.507 e. The van der Waals surface area contributed by atoms with E-state index in [1.54, 1.807) is 12.1 Å². The van der Waals surface area contributed by atoms with E-state index in [9.17, 15) is 9.90 Å². The van der Waals surface area contributed by atoms with E-state index >= 15 is 0 Å². The molecule has 23 heavy (non-hydrogen) atoms. The van der Waals surface area contributed by atoms with Crippen molar-refractivity contribution >= 4 is 10.9 Å². The van der Waals surface area contributed by atoms with Crippen molar-refractivity contribution in [3.63, 3.8) is 0 Å². The lowest BCUT2D eigenvalue weighted by Gasteiger charge is -2.08. The van der Waals surface area contributed by atoms with E-state index in [1.165, 1.54) is 0 Å². The number of para-hydroxylation sites is 1. The van der Waals surface area contributed by atoms with Crippen LogP contribution in [0.3, 0.4) is 0 Å². The Hall–Kier alpha value is -2.59. The van der Waals surface area contributed by atoms with Crippen molar-refractivity contribution < 1.29 is 9.84 Å². The Labute approximate surface area is 134 Å². The van der Waals surface area contributed by atoms with Gasteiger partial charge in [0.25, 0.3) is 5.56 Å². The fourth-order valence-corrected chi connectivity index (χ4v) is 2.61. The molecule has 0 amide bonds. The maximum absolute atomic E-state index is 12.1. The maximum Gasteiger partial charge on any atom is 0.255 e. The molecule has 0 atom stereocenters. The van der Waals surface area contributed by atoms with Crippen LogP contribution < -0.4 is 5.56 Å². The van der Waals surface area contributed by atoms with E-state index in [0.29, 0.717) is 42.5 Å². The second kappa shape index (κ2) is 7.11. The Morgan fingerprint density at radius 2 is 1.74 bits per heavy atom. The van der Waals surface area contributed by atoms with E-state index in [1.807, 2.05) is 42.5 Å². The number of hydrogen-bond acceptors (Lipinski definition) is 3. The number of H-pyrrole nitrogens is 1. The minimum absolute atomic E-state index is 0.0763. The van der Waals surface area contributed by atoms with Gasteiger partial charge in [-0.1, -0.05) is 42.5 Å². The number of pyridine rings is 1. The summed E-state index contributed by atoms with van der Waals surface area (Å²) in [5, 5.41) is 11.0. The predicted octanol–water partition coefficient (Wildman–Crippen LogP) is 3.38. The fourth-order valence-electron chi connectivity index (χ4n) is 2.61. The maximum atomic E-state index is 12.1. The van der Waals surface area contributed by atoms with Gasteiger partial charge in [-0.3, -0.25) is 4.79 Å². The number of rotatable bonds is 6. The molecule has 3 aromatic rings. The second-order valence-corrected chi connectivity index (χ2v) is 5.47. The third kappa shape index (κ3) is 3.60. The van der Waals surface area contributed by atoms with Crippen molar-refractivity contribution in [2.45, 2.75) is 19.4 Å². The molecule has 4 heteroatoms. The average Bonchev–Trinajstić information content (AvgIpc) is 2.58. The molecule has 2 aromatic carbocycles. The first-order chi connectivity index (χ1) is 11.3. The van der Waals surface area contributed by atoms with E-state index in [-0.39, 0.29) is 11.3 Å². The first kappa shape index (κ1) is 15.3. The number of nitrogens with one attached hydrogen (secondary N) is 1. The van der Waals surface area contributed by atoms with Gasteiger partial charge in [0, 0.05) is 12.0 Å². The van der Waals surface area contributed by atoms with Crippen LogP contribution in [0.5, 0.6) is 5.75 Å². The molecular formula is C19H19NO3. The third-order valence-electron chi connectivity index (χ3n) is 3.82. The lowest BCUT2D eigenvalue weighted by atomic mass is 10.1. The van der Waals surface area contributed by atoms with Crippen LogP contribution in [0.25, 0.3) is 10.9 Å². The number of aromatic hydroxyl groups is 1. The van der Waals surface area contributed by atoms with Crippen molar-refractivity contribution in [1.82, 2.24) is 4.98 Å². The monoisotopic (exact) mass is 309 g/mol. The largest absolute Gasteiger partial charge is 0.507 e. The lowest BCUT2D eigenvalue weighted by Crippen LogP contribution is -2.13. The summed E-state index contributed by atoms with van der Waals surface area (Å²) in [5.74, 6) is 0.0763. The molecule has 0 radical (unpaired) electrons. The van der Waals surface area contributed by atoms with Gasteiger partial charge >= 0.3 is 0 Å². The molecular weight excluding hydrogens is 290 g/mol. The summed E-state index contributed by atoms with van der Waals surface area (Å²) in [6, 6.07) is 17.2. The van der Waals surface area contributed by atoms with E-state index in [4.69, 9.17) is 4.74 Å². The highest BCUT2D eigenvalue weighted by atomic mass is 16.5. The zero-order valence-corrected chi connectivity index (χ0v) is 12.8.